The van der Waals surface area contributed by atoms with Gasteiger partial charge >= 0.3 is 6.18 Å². The summed E-state index contributed by atoms with van der Waals surface area (Å²) < 4.78 is 38.5. The van der Waals surface area contributed by atoms with E-state index in [1.165, 1.54) is 0 Å². The fourth-order valence-corrected chi connectivity index (χ4v) is 3.86. The maximum Gasteiger partial charge on any atom is 0.417 e. The first-order chi connectivity index (χ1) is 14.7. The molecule has 4 rings (SSSR count). The highest BCUT2D eigenvalue weighted by Crippen LogP contribution is 2.42. The van der Waals surface area contributed by atoms with Crippen LogP contribution in [0.15, 0.2) is 60.8 Å². The maximum absolute atomic E-state index is 12.8. The normalized spacial score (nSPS) is 15.2. The molecule has 0 saturated heterocycles. The summed E-state index contributed by atoms with van der Waals surface area (Å²) in [7, 11) is 0. The molecule has 0 aliphatic heterocycles. The third-order valence-corrected chi connectivity index (χ3v) is 5.87. The van der Waals surface area contributed by atoms with Gasteiger partial charge in [0.1, 0.15) is 0 Å². The number of amides is 1. The van der Waals surface area contributed by atoms with Crippen molar-refractivity contribution in [2.75, 3.05) is 5.73 Å². The highest BCUT2D eigenvalue weighted by molar-refractivity contribution is 6.30. The number of nitrogen functional groups attached to an aromatic ring is 1. The van der Waals surface area contributed by atoms with Gasteiger partial charge in [0.05, 0.1) is 22.5 Å². The first-order valence-electron chi connectivity index (χ1n) is 9.70. The van der Waals surface area contributed by atoms with E-state index in [2.05, 4.69) is 10.3 Å². The van der Waals surface area contributed by atoms with Crippen molar-refractivity contribution in [3.05, 3.63) is 82.5 Å². The number of aromatic nitrogens is 1. The first-order valence-corrected chi connectivity index (χ1v) is 10.1. The summed E-state index contributed by atoms with van der Waals surface area (Å²) in [6.45, 7) is 0. The number of anilines is 1. The number of hydrogen-bond acceptors (Lipinski definition) is 3. The summed E-state index contributed by atoms with van der Waals surface area (Å²) in [5, 5.41) is 3.69. The molecular weight excluding hydrogens is 427 g/mol. The lowest BCUT2D eigenvalue weighted by molar-refractivity contribution is -0.137. The Labute approximate surface area is 182 Å². The SMILES string of the molecule is Nc1cc(C(F)(F)F)cnc1-c1ccc(C2(NC(=O)c3ccc(Cl)cc3)CCC2)cc1. The highest BCUT2D eigenvalue weighted by atomic mass is 35.5. The van der Waals surface area contributed by atoms with Crippen molar-refractivity contribution >= 4 is 23.2 Å². The van der Waals surface area contributed by atoms with Crippen LogP contribution in [0.25, 0.3) is 11.3 Å². The molecule has 3 aromatic rings. The van der Waals surface area contributed by atoms with Crippen LogP contribution < -0.4 is 11.1 Å². The molecule has 0 unspecified atom stereocenters. The summed E-state index contributed by atoms with van der Waals surface area (Å²) in [6, 6.07) is 14.8. The summed E-state index contributed by atoms with van der Waals surface area (Å²) >= 11 is 5.89. The van der Waals surface area contributed by atoms with Crippen LogP contribution in [0.2, 0.25) is 5.02 Å². The van der Waals surface area contributed by atoms with Crippen LogP contribution in [-0.2, 0) is 11.7 Å². The van der Waals surface area contributed by atoms with Crippen molar-refractivity contribution in [3.8, 4) is 11.3 Å². The van der Waals surface area contributed by atoms with Crippen molar-refractivity contribution < 1.29 is 18.0 Å². The van der Waals surface area contributed by atoms with Gasteiger partial charge < -0.3 is 11.1 Å². The van der Waals surface area contributed by atoms with Gasteiger partial charge in [0.2, 0.25) is 0 Å². The molecule has 0 atom stereocenters. The Hall–Kier alpha value is -3.06. The number of carbonyl (C=O) groups is 1. The molecule has 8 heteroatoms. The molecule has 31 heavy (non-hydrogen) atoms. The predicted octanol–water partition coefficient (Wildman–Crippen LogP) is 5.81. The van der Waals surface area contributed by atoms with E-state index in [4.69, 9.17) is 17.3 Å². The largest absolute Gasteiger partial charge is 0.417 e. The second kappa shape index (κ2) is 7.89. The number of halogens is 4. The zero-order valence-corrected chi connectivity index (χ0v) is 17.1. The monoisotopic (exact) mass is 445 g/mol. The van der Waals surface area contributed by atoms with Crippen LogP contribution in [0.5, 0.6) is 0 Å². The van der Waals surface area contributed by atoms with Gasteiger partial charge in [-0.05, 0) is 55.2 Å². The molecule has 2 aromatic carbocycles. The lowest BCUT2D eigenvalue weighted by atomic mass is 9.71. The van der Waals surface area contributed by atoms with E-state index in [9.17, 15) is 18.0 Å². The molecule has 160 valence electrons. The molecule has 1 fully saturated rings. The van der Waals surface area contributed by atoms with Gasteiger partial charge in [-0.3, -0.25) is 9.78 Å². The molecule has 1 saturated carbocycles. The molecule has 1 heterocycles. The van der Waals surface area contributed by atoms with E-state index in [-0.39, 0.29) is 17.3 Å². The number of hydrogen-bond donors (Lipinski definition) is 2. The van der Waals surface area contributed by atoms with E-state index < -0.39 is 17.3 Å². The molecule has 1 amide bonds. The number of carbonyl (C=O) groups excluding carboxylic acids is 1. The van der Waals surface area contributed by atoms with Gasteiger partial charge in [0, 0.05) is 22.3 Å². The van der Waals surface area contributed by atoms with E-state index in [0.29, 0.717) is 16.1 Å². The Kier molecular flexibility index (Phi) is 5.39. The van der Waals surface area contributed by atoms with Crippen LogP contribution in [0.3, 0.4) is 0 Å². The summed E-state index contributed by atoms with van der Waals surface area (Å²) in [6.07, 6.45) is -1.14. The zero-order chi connectivity index (χ0) is 22.2. The Bertz CT molecular complexity index is 1110. The van der Waals surface area contributed by atoms with Gasteiger partial charge in [-0.15, -0.1) is 0 Å². The summed E-state index contributed by atoms with van der Waals surface area (Å²) in [5.41, 5.74) is 6.75. The molecule has 0 spiro atoms. The topological polar surface area (TPSA) is 68.0 Å². The fraction of sp³-hybridized carbons (Fsp3) is 0.217. The van der Waals surface area contributed by atoms with Crippen LogP contribution in [0, 0.1) is 0 Å². The minimum absolute atomic E-state index is 0.0445. The number of rotatable bonds is 4. The quantitative estimate of drug-likeness (QED) is 0.532. The Morgan fingerprint density at radius 1 is 1.06 bits per heavy atom. The van der Waals surface area contributed by atoms with Crippen molar-refractivity contribution in [3.63, 3.8) is 0 Å². The van der Waals surface area contributed by atoms with Gasteiger partial charge in [0.25, 0.3) is 5.91 Å². The molecule has 0 bridgehead atoms. The molecule has 1 aliphatic carbocycles. The van der Waals surface area contributed by atoms with Gasteiger partial charge in [-0.25, -0.2) is 0 Å². The molecule has 1 aromatic heterocycles. The zero-order valence-electron chi connectivity index (χ0n) is 16.3. The highest BCUT2D eigenvalue weighted by Gasteiger charge is 2.40. The molecule has 4 nitrogen and oxygen atoms in total. The average molecular weight is 446 g/mol. The van der Waals surface area contributed by atoms with E-state index in [1.807, 2.05) is 12.1 Å². The second-order valence-electron chi connectivity index (χ2n) is 7.63. The molecule has 0 radical (unpaired) electrons. The minimum atomic E-state index is -4.50. The number of alkyl halides is 3. The Balaban J connectivity index is 1.57. The predicted molar refractivity (Wildman–Crippen MR) is 114 cm³/mol. The number of nitrogens with two attached hydrogens (primary N) is 1. The summed E-state index contributed by atoms with van der Waals surface area (Å²) in [4.78, 5) is 16.6. The number of benzene rings is 2. The number of nitrogens with one attached hydrogen (secondary N) is 1. The fourth-order valence-electron chi connectivity index (χ4n) is 3.73. The van der Waals surface area contributed by atoms with Crippen molar-refractivity contribution in [2.45, 2.75) is 31.0 Å². The van der Waals surface area contributed by atoms with Gasteiger partial charge in [0.15, 0.2) is 0 Å². The van der Waals surface area contributed by atoms with Crippen LogP contribution >= 0.6 is 11.6 Å². The molecular formula is C23H19ClF3N3O. The van der Waals surface area contributed by atoms with Crippen LogP contribution in [0.1, 0.15) is 40.7 Å². The van der Waals surface area contributed by atoms with Crippen molar-refractivity contribution in [2.24, 2.45) is 0 Å². The van der Waals surface area contributed by atoms with E-state index in [1.54, 1.807) is 36.4 Å². The van der Waals surface area contributed by atoms with Crippen molar-refractivity contribution in [1.82, 2.24) is 10.3 Å². The molecule has 3 N–H and O–H groups in total. The smallest absolute Gasteiger partial charge is 0.397 e. The van der Waals surface area contributed by atoms with E-state index in [0.717, 1.165) is 37.1 Å². The number of nitrogens with zero attached hydrogens (tertiary/aromatic N) is 1. The minimum Gasteiger partial charge on any atom is -0.397 e. The first kappa shape index (κ1) is 21.2. The standard InChI is InChI=1S/C23H19ClF3N3O/c24-18-8-4-15(5-9-18)21(31)30-22(10-1-11-22)16-6-2-14(3-7-16)20-19(28)12-17(13-29-20)23(25,26)27/h2-9,12-13H,1,10-11,28H2,(H,30,31). The second-order valence-corrected chi connectivity index (χ2v) is 8.07. The van der Waals surface area contributed by atoms with Crippen LogP contribution in [0.4, 0.5) is 18.9 Å². The average Bonchev–Trinajstić information content (AvgIpc) is 2.70. The lowest BCUT2D eigenvalue weighted by Gasteiger charge is -2.43. The lowest BCUT2D eigenvalue weighted by Crippen LogP contribution is -2.50. The van der Waals surface area contributed by atoms with Crippen LogP contribution in [-0.4, -0.2) is 10.9 Å². The maximum atomic E-state index is 12.8. The number of pyridine rings is 1. The third kappa shape index (κ3) is 4.23. The van der Waals surface area contributed by atoms with Gasteiger partial charge in [-0.1, -0.05) is 35.9 Å². The molecule has 1 aliphatic rings. The third-order valence-electron chi connectivity index (χ3n) is 5.62. The van der Waals surface area contributed by atoms with Gasteiger partial charge in [-0.2, -0.15) is 13.2 Å². The Morgan fingerprint density at radius 2 is 1.71 bits per heavy atom. The van der Waals surface area contributed by atoms with Crippen molar-refractivity contribution in [1.29, 1.82) is 0 Å². The summed E-state index contributed by atoms with van der Waals surface area (Å²) in [5.74, 6) is -0.186. The Morgan fingerprint density at radius 3 is 2.23 bits per heavy atom. The van der Waals surface area contributed by atoms with E-state index >= 15 is 0 Å².